The van der Waals surface area contributed by atoms with Crippen LogP contribution in [-0.2, 0) is 5.41 Å². The Morgan fingerprint density at radius 1 is 0.452 bits per heavy atom. The second-order valence-corrected chi connectivity index (χ2v) is 13.1. The Labute approximate surface area is 251 Å². The summed E-state index contributed by atoms with van der Waals surface area (Å²) in [6.45, 7) is 6.68. The number of benzene rings is 6. The number of hydrogen-bond acceptors (Lipinski definition) is 2. The first kappa shape index (κ1) is 24.1. The Morgan fingerprint density at radius 3 is 1.33 bits per heavy atom. The molecular weight excluding hydrogens is 527 g/mol. The molecule has 0 unspecified atom stereocenters. The molecule has 2 aliphatic carbocycles. The maximum atomic E-state index is 2.50. The van der Waals surface area contributed by atoms with Crippen molar-refractivity contribution in [2.75, 3.05) is 4.90 Å². The third-order valence-electron chi connectivity index (χ3n) is 9.42. The molecule has 0 saturated heterocycles. The number of anilines is 3. The maximum absolute atomic E-state index is 2.50. The summed E-state index contributed by atoms with van der Waals surface area (Å²) in [5.41, 5.74) is 18.2. The quantitative estimate of drug-likeness (QED) is 0.198. The molecule has 0 aromatic heterocycles. The molecular formula is C40H29NS. The Hall–Kier alpha value is -4.53. The Kier molecular flexibility index (Phi) is 4.88. The molecule has 0 N–H and O–H groups in total. The monoisotopic (exact) mass is 555 g/mol. The number of hydrogen-bond donors (Lipinski definition) is 0. The molecule has 0 bridgehead atoms. The van der Waals surface area contributed by atoms with Crippen LogP contribution in [0.25, 0.3) is 22.3 Å². The van der Waals surface area contributed by atoms with Crippen LogP contribution in [0.2, 0.25) is 0 Å². The summed E-state index contributed by atoms with van der Waals surface area (Å²) in [4.78, 5) is 5.04. The highest BCUT2D eigenvalue weighted by Gasteiger charge is 2.52. The zero-order valence-electron chi connectivity index (χ0n) is 23.9. The van der Waals surface area contributed by atoms with Crippen molar-refractivity contribution in [2.24, 2.45) is 0 Å². The number of rotatable bonds is 1. The summed E-state index contributed by atoms with van der Waals surface area (Å²) in [6.07, 6.45) is 0. The summed E-state index contributed by atoms with van der Waals surface area (Å²) in [7, 11) is 0. The highest BCUT2D eigenvalue weighted by Crippen LogP contribution is 2.64. The Balaban J connectivity index is 1.39. The zero-order chi connectivity index (χ0) is 28.2. The number of para-hydroxylation sites is 2. The molecule has 0 amide bonds. The van der Waals surface area contributed by atoms with E-state index in [1.54, 1.807) is 0 Å². The van der Waals surface area contributed by atoms with Crippen molar-refractivity contribution in [1.82, 2.24) is 0 Å². The normalized spacial score (nSPS) is 14.6. The van der Waals surface area contributed by atoms with Crippen LogP contribution >= 0.6 is 11.8 Å². The maximum Gasteiger partial charge on any atom is 0.0726 e. The van der Waals surface area contributed by atoms with Crippen molar-refractivity contribution in [3.8, 4) is 22.3 Å². The van der Waals surface area contributed by atoms with Gasteiger partial charge in [0.1, 0.15) is 0 Å². The molecule has 1 aliphatic heterocycles. The van der Waals surface area contributed by atoms with E-state index in [0.29, 0.717) is 0 Å². The van der Waals surface area contributed by atoms with Crippen LogP contribution < -0.4 is 4.90 Å². The lowest BCUT2D eigenvalue weighted by Gasteiger charge is -2.35. The summed E-state index contributed by atoms with van der Waals surface area (Å²) in [5.74, 6) is 0. The highest BCUT2D eigenvalue weighted by atomic mass is 32.2. The number of aryl methyl sites for hydroxylation is 3. The van der Waals surface area contributed by atoms with E-state index in [-0.39, 0.29) is 5.41 Å². The molecule has 1 heterocycles. The molecule has 0 atom stereocenters. The minimum Gasteiger partial charge on any atom is -0.308 e. The van der Waals surface area contributed by atoms with Crippen molar-refractivity contribution in [3.05, 3.63) is 160 Å². The molecule has 3 aliphatic rings. The Bertz CT molecular complexity index is 2000. The highest BCUT2D eigenvalue weighted by molar-refractivity contribution is 7.99. The van der Waals surface area contributed by atoms with Crippen molar-refractivity contribution >= 4 is 28.8 Å². The molecule has 1 spiro atoms. The summed E-state index contributed by atoms with van der Waals surface area (Å²) < 4.78 is 0. The van der Waals surface area contributed by atoms with Crippen molar-refractivity contribution in [1.29, 1.82) is 0 Å². The molecule has 6 aromatic carbocycles. The molecule has 6 aromatic rings. The first-order valence-electron chi connectivity index (χ1n) is 14.7. The lowest BCUT2D eigenvalue weighted by atomic mass is 9.70. The van der Waals surface area contributed by atoms with Gasteiger partial charge in [0.25, 0.3) is 0 Å². The van der Waals surface area contributed by atoms with Gasteiger partial charge in [-0.25, -0.2) is 0 Å². The molecule has 9 rings (SSSR count). The molecule has 200 valence electrons. The number of fused-ring (bicyclic) bond motifs is 12. The van der Waals surface area contributed by atoms with E-state index in [1.807, 2.05) is 11.8 Å². The van der Waals surface area contributed by atoms with Gasteiger partial charge in [0.15, 0.2) is 0 Å². The van der Waals surface area contributed by atoms with Gasteiger partial charge in [-0.05, 0) is 102 Å². The van der Waals surface area contributed by atoms with Crippen LogP contribution in [-0.4, -0.2) is 0 Å². The van der Waals surface area contributed by atoms with Crippen LogP contribution in [0, 0.1) is 20.8 Å². The average molecular weight is 556 g/mol. The lowest BCUT2D eigenvalue weighted by molar-refractivity contribution is 0.790. The van der Waals surface area contributed by atoms with Gasteiger partial charge in [-0.1, -0.05) is 113 Å². The summed E-state index contributed by atoms with van der Waals surface area (Å²) in [5, 5.41) is 0. The van der Waals surface area contributed by atoms with E-state index < -0.39 is 0 Å². The second kappa shape index (κ2) is 8.50. The fraction of sp³-hybridized carbons (Fsp3) is 0.100. The van der Waals surface area contributed by atoms with Crippen molar-refractivity contribution in [2.45, 2.75) is 36.0 Å². The molecule has 0 fully saturated rings. The van der Waals surface area contributed by atoms with Crippen LogP contribution in [0.4, 0.5) is 17.1 Å². The lowest BCUT2D eigenvalue weighted by Crippen LogP contribution is -2.26. The van der Waals surface area contributed by atoms with Gasteiger partial charge in [0.2, 0.25) is 0 Å². The van der Waals surface area contributed by atoms with Crippen molar-refractivity contribution in [3.63, 3.8) is 0 Å². The molecule has 0 radical (unpaired) electrons. The Morgan fingerprint density at radius 2 is 0.857 bits per heavy atom. The topological polar surface area (TPSA) is 3.24 Å². The SMILES string of the molecule is Cc1ccc2c(c1)C1(c3cc(C)ccc3-2)c2cc(C)ccc2-c2ccc(N3c4ccccc4Sc4ccccc43)cc21. The van der Waals surface area contributed by atoms with Gasteiger partial charge in [0.05, 0.1) is 16.8 Å². The van der Waals surface area contributed by atoms with Gasteiger partial charge < -0.3 is 4.90 Å². The molecule has 1 nitrogen and oxygen atoms in total. The van der Waals surface area contributed by atoms with E-state index >= 15 is 0 Å². The fourth-order valence-electron chi connectivity index (χ4n) is 7.68. The minimum absolute atomic E-state index is 0.362. The van der Waals surface area contributed by atoms with E-state index in [4.69, 9.17) is 0 Å². The smallest absolute Gasteiger partial charge is 0.0726 e. The third kappa shape index (κ3) is 3.05. The first-order chi connectivity index (χ1) is 20.5. The zero-order valence-corrected chi connectivity index (χ0v) is 24.7. The predicted octanol–water partition coefficient (Wildman–Crippen LogP) is 10.9. The predicted molar refractivity (Wildman–Crippen MR) is 176 cm³/mol. The number of nitrogens with zero attached hydrogens (tertiary/aromatic N) is 1. The van der Waals surface area contributed by atoms with Crippen LogP contribution in [0.3, 0.4) is 0 Å². The largest absolute Gasteiger partial charge is 0.308 e. The first-order valence-corrected chi connectivity index (χ1v) is 15.5. The van der Waals surface area contributed by atoms with E-state index in [0.717, 1.165) is 0 Å². The fourth-order valence-corrected chi connectivity index (χ4v) is 8.74. The molecule has 2 heteroatoms. The van der Waals surface area contributed by atoms with Gasteiger partial charge in [-0.2, -0.15) is 0 Å². The second-order valence-electron chi connectivity index (χ2n) is 12.0. The van der Waals surface area contributed by atoms with Crippen molar-refractivity contribution < 1.29 is 0 Å². The van der Waals surface area contributed by atoms with Gasteiger partial charge in [-0.15, -0.1) is 0 Å². The molecule has 0 saturated carbocycles. The molecule has 42 heavy (non-hydrogen) atoms. The average Bonchev–Trinajstić information content (AvgIpc) is 3.45. The van der Waals surface area contributed by atoms with Crippen LogP contribution in [0.5, 0.6) is 0 Å². The van der Waals surface area contributed by atoms with E-state index in [9.17, 15) is 0 Å². The van der Waals surface area contributed by atoms with Gasteiger partial charge in [0, 0.05) is 15.5 Å². The van der Waals surface area contributed by atoms with E-state index in [1.165, 1.54) is 88.1 Å². The van der Waals surface area contributed by atoms with Gasteiger partial charge >= 0.3 is 0 Å². The van der Waals surface area contributed by atoms with Crippen LogP contribution in [0.15, 0.2) is 131 Å². The summed E-state index contributed by atoms with van der Waals surface area (Å²) in [6, 6.07) is 46.0. The third-order valence-corrected chi connectivity index (χ3v) is 10.5. The summed E-state index contributed by atoms with van der Waals surface area (Å²) >= 11 is 1.86. The minimum atomic E-state index is -0.362. The van der Waals surface area contributed by atoms with Gasteiger partial charge in [-0.3, -0.25) is 0 Å². The van der Waals surface area contributed by atoms with E-state index in [2.05, 4.69) is 147 Å². The van der Waals surface area contributed by atoms with Crippen LogP contribution in [0.1, 0.15) is 38.9 Å². The standard InChI is InChI=1S/C40H29NS/c1-24-12-16-28-29-17-13-25(2)21-33(29)40(32(28)20-24)34-22-26(3)14-18-30(34)31-19-15-27(23-35(31)40)41-36-8-4-6-10-38(36)42-39-11-7-5-9-37(39)41/h4-23H,1-3H3.